The van der Waals surface area contributed by atoms with Crippen LogP contribution in [-0.2, 0) is 16.9 Å². The number of fused-ring (bicyclic) bond motifs is 1. The highest BCUT2D eigenvalue weighted by Crippen LogP contribution is 2.29. The predicted molar refractivity (Wildman–Crippen MR) is 137 cm³/mol. The number of thiophene rings is 1. The standard InChI is InChI=1S/C25H27N7O3S/c1-4-21(33)30-11-5-6-17(30)13-31-19-8-7-16(25(2,3)35)12-18(19)28-24(31)29-23(34)20-9-10-22(36-20)32-15-26-14-27-32/h4,7-10,12,14-15,17,35H,1,5-6,11,13H2,2-3H3,(H,28,29,34)/t17-/m1/s1. The molecule has 0 aliphatic carbocycles. The van der Waals surface area contributed by atoms with Gasteiger partial charge in [0.1, 0.15) is 17.7 Å². The van der Waals surface area contributed by atoms with E-state index < -0.39 is 5.60 Å². The lowest BCUT2D eigenvalue weighted by molar-refractivity contribution is -0.126. The molecule has 1 fully saturated rings. The molecular weight excluding hydrogens is 478 g/mol. The third-order valence-corrected chi connectivity index (χ3v) is 7.44. The second-order valence-electron chi connectivity index (χ2n) is 9.27. The van der Waals surface area contributed by atoms with Crippen molar-refractivity contribution in [2.24, 2.45) is 0 Å². The lowest BCUT2D eigenvalue weighted by Crippen LogP contribution is -2.37. The van der Waals surface area contributed by atoms with E-state index in [0.717, 1.165) is 28.9 Å². The minimum atomic E-state index is -1.03. The monoisotopic (exact) mass is 505 g/mol. The maximum absolute atomic E-state index is 13.2. The largest absolute Gasteiger partial charge is 0.386 e. The Hall–Kier alpha value is -3.83. The van der Waals surface area contributed by atoms with Crippen LogP contribution in [0.15, 0.2) is 55.6 Å². The number of hydrogen-bond donors (Lipinski definition) is 2. The Bertz CT molecular complexity index is 1430. The summed E-state index contributed by atoms with van der Waals surface area (Å²) in [5, 5.41) is 18.3. The summed E-state index contributed by atoms with van der Waals surface area (Å²) in [5.74, 6) is -0.0105. The van der Waals surface area contributed by atoms with Crippen molar-refractivity contribution in [1.29, 1.82) is 0 Å². The van der Waals surface area contributed by atoms with Crippen LogP contribution in [0.2, 0.25) is 0 Å². The van der Waals surface area contributed by atoms with Crippen molar-refractivity contribution >= 4 is 40.1 Å². The smallest absolute Gasteiger partial charge is 0.268 e. The second kappa shape index (κ2) is 9.32. The molecule has 10 nitrogen and oxygen atoms in total. The van der Waals surface area contributed by atoms with Gasteiger partial charge in [0, 0.05) is 13.1 Å². The maximum Gasteiger partial charge on any atom is 0.268 e. The molecule has 5 rings (SSSR count). The summed E-state index contributed by atoms with van der Waals surface area (Å²) < 4.78 is 3.53. The minimum Gasteiger partial charge on any atom is -0.386 e. The van der Waals surface area contributed by atoms with Crippen molar-refractivity contribution < 1.29 is 14.7 Å². The van der Waals surface area contributed by atoms with Gasteiger partial charge in [-0.1, -0.05) is 12.6 Å². The molecule has 1 aliphatic heterocycles. The Morgan fingerprint density at radius 3 is 2.86 bits per heavy atom. The molecule has 0 unspecified atom stereocenters. The fraction of sp³-hybridized carbons (Fsp3) is 0.320. The molecular formula is C25H27N7O3S. The number of carbonyl (C=O) groups excluding carboxylic acids is 2. The number of aromatic nitrogens is 5. The molecule has 1 saturated heterocycles. The van der Waals surface area contributed by atoms with E-state index in [9.17, 15) is 14.7 Å². The summed E-state index contributed by atoms with van der Waals surface area (Å²) >= 11 is 1.29. The predicted octanol–water partition coefficient (Wildman–Crippen LogP) is 3.34. The second-order valence-corrected chi connectivity index (χ2v) is 10.3. The third-order valence-electron chi connectivity index (χ3n) is 6.37. The lowest BCUT2D eigenvalue weighted by Gasteiger charge is -2.25. The van der Waals surface area contributed by atoms with Gasteiger partial charge in [-0.15, -0.1) is 11.3 Å². The molecule has 1 aliphatic rings. The number of rotatable bonds is 7. The van der Waals surface area contributed by atoms with Crippen LogP contribution in [-0.4, -0.2) is 58.7 Å². The first kappa shape index (κ1) is 23.9. The summed E-state index contributed by atoms with van der Waals surface area (Å²) in [6.07, 6.45) is 6.10. The number of aliphatic hydroxyl groups is 1. The van der Waals surface area contributed by atoms with Gasteiger partial charge in [0.15, 0.2) is 0 Å². The molecule has 4 heterocycles. The van der Waals surface area contributed by atoms with Gasteiger partial charge in [0.25, 0.3) is 5.91 Å². The van der Waals surface area contributed by atoms with Gasteiger partial charge < -0.3 is 14.6 Å². The summed E-state index contributed by atoms with van der Waals surface area (Å²) in [7, 11) is 0. The Balaban J connectivity index is 1.49. The van der Waals surface area contributed by atoms with Crippen molar-refractivity contribution in [2.75, 3.05) is 11.9 Å². The number of nitrogens with zero attached hydrogens (tertiary/aromatic N) is 6. The van der Waals surface area contributed by atoms with Gasteiger partial charge in [-0.3, -0.25) is 14.9 Å². The molecule has 36 heavy (non-hydrogen) atoms. The fourth-order valence-electron chi connectivity index (χ4n) is 4.49. The van der Waals surface area contributed by atoms with Crippen LogP contribution in [0.5, 0.6) is 0 Å². The van der Waals surface area contributed by atoms with Crippen LogP contribution >= 0.6 is 11.3 Å². The van der Waals surface area contributed by atoms with Crippen molar-refractivity contribution in [2.45, 2.75) is 44.9 Å². The van der Waals surface area contributed by atoms with Crippen LogP contribution in [0, 0.1) is 0 Å². The molecule has 1 atom stereocenters. The van der Waals surface area contributed by atoms with Crippen LogP contribution in [0.1, 0.15) is 41.9 Å². The van der Waals surface area contributed by atoms with E-state index in [1.54, 1.807) is 30.9 Å². The first-order valence-corrected chi connectivity index (χ1v) is 12.5. The summed E-state index contributed by atoms with van der Waals surface area (Å²) in [4.78, 5) is 36.6. The van der Waals surface area contributed by atoms with E-state index in [0.29, 0.717) is 29.4 Å². The van der Waals surface area contributed by atoms with Crippen molar-refractivity contribution in [3.63, 3.8) is 0 Å². The van der Waals surface area contributed by atoms with E-state index >= 15 is 0 Å². The minimum absolute atomic E-state index is 0.0434. The number of imidazole rings is 1. The van der Waals surface area contributed by atoms with E-state index in [1.165, 1.54) is 23.7 Å². The highest BCUT2D eigenvalue weighted by Gasteiger charge is 2.29. The average molecular weight is 506 g/mol. The molecule has 3 aromatic heterocycles. The first-order chi connectivity index (χ1) is 17.2. The Morgan fingerprint density at radius 1 is 1.31 bits per heavy atom. The molecule has 0 spiro atoms. The van der Waals surface area contributed by atoms with Gasteiger partial charge >= 0.3 is 0 Å². The van der Waals surface area contributed by atoms with E-state index in [4.69, 9.17) is 4.98 Å². The Kier molecular flexibility index (Phi) is 6.19. The van der Waals surface area contributed by atoms with Gasteiger partial charge in [-0.05, 0) is 62.6 Å². The van der Waals surface area contributed by atoms with Gasteiger partial charge in [-0.25, -0.2) is 14.6 Å². The van der Waals surface area contributed by atoms with Crippen LogP contribution in [0.4, 0.5) is 5.95 Å². The quantitative estimate of drug-likeness (QED) is 0.372. The molecule has 1 aromatic carbocycles. The number of carbonyl (C=O) groups is 2. The molecule has 4 aromatic rings. The van der Waals surface area contributed by atoms with Crippen LogP contribution in [0.3, 0.4) is 0 Å². The van der Waals surface area contributed by atoms with E-state index in [-0.39, 0.29) is 17.9 Å². The summed E-state index contributed by atoms with van der Waals surface area (Å²) in [6, 6.07) is 9.09. The van der Waals surface area contributed by atoms with Gasteiger partial charge in [-0.2, -0.15) is 5.10 Å². The van der Waals surface area contributed by atoms with Crippen molar-refractivity contribution in [3.05, 3.63) is 66.1 Å². The molecule has 0 radical (unpaired) electrons. The number of likely N-dealkylation sites (tertiary alicyclic amines) is 1. The third kappa shape index (κ3) is 4.54. The van der Waals surface area contributed by atoms with Gasteiger partial charge in [0.05, 0.1) is 27.6 Å². The zero-order valence-electron chi connectivity index (χ0n) is 20.1. The molecule has 0 bridgehead atoms. The Labute approximate surface area is 211 Å². The zero-order valence-corrected chi connectivity index (χ0v) is 20.9. The topological polar surface area (TPSA) is 118 Å². The molecule has 186 valence electrons. The number of amides is 2. The van der Waals surface area contributed by atoms with E-state index in [2.05, 4.69) is 22.0 Å². The van der Waals surface area contributed by atoms with Crippen LogP contribution in [0.25, 0.3) is 16.0 Å². The summed E-state index contributed by atoms with van der Waals surface area (Å²) in [6.45, 7) is 8.21. The summed E-state index contributed by atoms with van der Waals surface area (Å²) in [5.41, 5.74) is 1.15. The number of hydrogen-bond acceptors (Lipinski definition) is 7. The molecule has 11 heteroatoms. The first-order valence-electron chi connectivity index (χ1n) is 11.7. The average Bonchev–Trinajstić information content (AvgIpc) is 3.64. The molecule has 2 amide bonds. The Morgan fingerprint density at radius 2 is 2.14 bits per heavy atom. The lowest BCUT2D eigenvalue weighted by atomic mass is 9.98. The molecule has 0 saturated carbocycles. The normalized spacial score (nSPS) is 16.0. The van der Waals surface area contributed by atoms with Crippen molar-refractivity contribution in [1.82, 2.24) is 29.2 Å². The number of nitrogens with one attached hydrogen (secondary N) is 1. The van der Waals surface area contributed by atoms with Crippen molar-refractivity contribution in [3.8, 4) is 5.00 Å². The number of anilines is 1. The fourth-order valence-corrected chi connectivity index (χ4v) is 5.32. The highest BCUT2D eigenvalue weighted by molar-refractivity contribution is 7.16. The molecule has 2 N–H and O–H groups in total. The number of benzene rings is 1. The highest BCUT2D eigenvalue weighted by atomic mass is 32.1. The maximum atomic E-state index is 13.2. The van der Waals surface area contributed by atoms with E-state index in [1.807, 2.05) is 33.7 Å². The van der Waals surface area contributed by atoms with Gasteiger partial charge in [0.2, 0.25) is 11.9 Å². The van der Waals surface area contributed by atoms with Crippen LogP contribution < -0.4 is 5.32 Å². The SMILES string of the molecule is C=CC(=O)N1CCC[C@@H]1Cn1c(NC(=O)c2ccc(-n3cncn3)s2)nc2cc(C(C)(C)O)ccc21. The zero-order chi connectivity index (χ0) is 25.4.